The largest absolute Gasteiger partial charge is 1.00 e. The smallest absolute Gasteiger partial charge is 0.545 e. The predicted molar refractivity (Wildman–Crippen MR) is 95.5 cm³/mol. The Morgan fingerprint density at radius 2 is 1.90 bits per heavy atom. The Labute approximate surface area is 192 Å². The van der Waals surface area contributed by atoms with Gasteiger partial charge in [0, 0.05) is 37.3 Å². The number of halogens is 3. The van der Waals surface area contributed by atoms with Gasteiger partial charge < -0.3 is 14.3 Å². The van der Waals surface area contributed by atoms with Crippen molar-refractivity contribution in [2.75, 3.05) is 6.54 Å². The van der Waals surface area contributed by atoms with Gasteiger partial charge >= 0.3 is 35.7 Å². The molecule has 3 aromatic rings. The van der Waals surface area contributed by atoms with Crippen molar-refractivity contribution in [1.29, 1.82) is 0 Å². The minimum atomic E-state index is -4.93. The SMILES string of the molecule is O=C([O-])c1cc(-c2ccc3c(n2)CCN(Cc2ccccc2)C3)oc1C(F)(F)F.[Na+]. The summed E-state index contributed by atoms with van der Waals surface area (Å²) < 4.78 is 43.9. The molecule has 5 nitrogen and oxygen atoms in total. The zero-order valence-electron chi connectivity index (χ0n) is 16.2. The number of carbonyl (C=O) groups is 1. The van der Waals surface area contributed by atoms with E-state index in [1.54, 1.807) is 12.1 Å². The van der Waals surface area contributed by atoms with E-state index in [1.165, 1.54) is 5.56 Å². The second-order valence-electron chi connectivity index (χ2n) is 6.89. The summed E-state index contributed by atoms with van der Waals surface area (Å²) >= 11 is 0. The molecule has 0 bridgehead atoms. The van der Waals surface area contributed by atoms with Gasteiger partial charge in [-0.15, -0.1) is 0 Å². The second kappa shape index (κ2) is 8.93. The van der Waals surface area contributed by atoms with Gasteiger partial charge in [-0.1, -0.05) is 36.4 Å². The van der Waals surface area contributed by atoms with E-state index in [1.807, 2.05) is 18.2 Å². The predicted octanol–water partition coefficient (Wildman–Crippen LogP) is 0.286. The number of carboxylic acids is 1. The molecule has 0 N–H and O–H groups in total. The molecule has 1 aromatic carbocycles. The fourth-order valence-corrected chi connectivity index (χ4v) is 3.47. The number of fused-ring (bicyclic) bond motifs is 1. The van der Waals surface area contributed by atoms with Crippen LogP contribution in [0.5, 0.6) is 0 Å². The van der Waals surface area contributed by atoms with Crippen LogP contribution >= 0.6 is 0 Å². The van der Waals surface area contributed by atoms with Gasteiger partial charge in [-0.2, -0.15) is 13.2 Å². The summed E-state index contributed by atoms with van der Waals surface area (Å²) in [5.74, 6) is -3.77. The molecule has 0 unspecified atom stereocenters. The number of alkyl halides is 3. The Morgan fingerprint density at radius 3 is 2.53 bits per heavy atom. The zero-order chi connectivity index (χ0) is 20.6. The van der Waals surface area contributed by atoms with Crippen molar-refractivity contribution < 1.29 is 57.0 Å². The quantitative estimate of drug-likeness (QED) is 0.563. The molecule has 0 fully saturated rings. The first-order chi connectivity index (χ1) is 13.8. The van der Waals surface area contributed by atoms with Crippen molar-refractivity contribution in [3.63, 3.8) is 0 Å². The van der Waals surface area contributed by atoms with Gasteiger partial charge in [0.2, 0.25) is 5.76 Å². The Balaban J connectivity index is 0.00000256. The van der Waals surface area contributed by atoms with Gasteiger partial charge in [-0.25, -0.2) is 4.98 Å². The Kier molecular flexibility index (Phi) is 6.71. The third-order valence-corrected chi connectivity index (χ3v) is 4.84. The molecule has 0 saturated heterocycles. The Morgan fingerprint density at radius 1 is 1.17 bits per heavy atom. The molecule has 0 saturated carbocycles. The van der Waals surface area contributed by atoms with E-state index in [0.29, 0.717) is 13.0 Å². The third kappa shape index (κ3) is 4.78. The van der Waals surface area contributed by atoms with Gasteiger partial charge in [-0.05, 0) is 23.3 Å². The van der Waals surface area contributed by atoms with Crippen LogP contribution < -0.4 is 34.7 Å². The number of aromatic nitrogens is 1. The maximum atomic E-state index is 13.0. The molecular formula is C21H16F3N2NaO3. The number of furan rings is 1. The van der Waals surface area contributed by atoms with E-state index in [2.05, 4.69) is 22.0 Å². The molecule has 1 aliphatic rings. The van der Waals surface area contributed by atoms with E-state index in [0.717, 1.165) is 30.4 Å². The van der Waals surface area contributed by atoms with Crippen LogP contribution in [0.25, 0.3) is 11.5 Å². The van der Waals surface area contributed by atoms with Crippen LogP contribution in [0.4, 0.5) is 13.2 Å². The monoisotopic (exact) mass is 424 g/mol. The van der Waals surface area contributed by atoms with Crippen LogP contribution in [0, 0.1) is 0 Å². The molecule has 9 heteroatoms. The first-order valence-corrected chi connectivity index (χ1v) is 8.99. The van der Waals surface area contributed by atoms with Crippen LogP contribution in [0.3, 0.4) is 0 Å². The normalized spacial score (nSPS) is 14.1. The van der Waals surface area contributed by atoms with E-state index >= 15 is 0 Å². The molecule has 2 aromatic heterocycles. The second-order valence-corrected chi connectivity index (χ2v) is 6.89. The summed E-state index contributed by atoms with van der Waals surface area (Å²) in [5.41, 5.74) is 2.09. The van der Waals surface area contributed by atoms with Crippen LogP contribution in [-0.4, -0.2) is 22.4 Å². The summed E-state index contributed by atoms with van der Waals surface area (Å²) in [6.07, 6.45) is -4.30. The van der Waals surface area contributed by atoms with Crippen molar-refractivity contribution in [3.05, 3.63) is 76.7 Å². The van der Waals surface area contributed by atoms with Crippen LogP contribution in [0.2, 0.25) is 0 Å². The first-order valence-electron chi connectivity index (χ1n) is 8.99. The number of aromatic carboxylic acids is 1. The van der Waals surface area contributed by atoms with Crippen molar-refractivity contribution in [2.24, 2.45) is 0 Å². The fourth-order valence-electron chi connectivity index (χ4n) is 3.47. The van der Waals surface area contributed by atoms with E-state index in [9.17, 15) is 23.1 Å². The molecule has 3 heterocycles. The van der Waals surface area contributed by atoms with Gasteiger partial charge in [-0.3, -0.25) is 4.90 Å². The van der Waals surface area contributed by atoms with Crippen molar-refractivity contribution in [3.8, 4) is 11.5 Å². The van der Waals surface area contributed by atoms with E-state index in [-0.39, 0.29) is 41.0 Å². The van der Waals surface area contributed by atoms with Crippen molar-refractivity contribution in [2.45, 2.75) is 25.7 Å². The molecule has 0 aliphatic carbocycles. The average Bonchev–Trinajstić information content (AvgIpc) is 3.15. The number of carbonyl (C=O) groups excluding carboxylic acids is 1. The molecule has 1 aliphatic heterocycles. The minimum Gasteiger partial charge on any atom is -0.545 e. The molecular weight excluding hydrogens is 408 g/mol. The summed E-state index contributed by atoms with van der Waals surface area (Å²) in [5, 5.41) is 11.0. The molecule has 30 heavy (non-hydrogen) atoms. The fraction of sp³-hybridized carbons (Fsp3) is 0.238. The molecule has 0 amide bonds. The van der Waals surface area contributed by atoms with Crippen LogP contribution in [-0.2, 0) is 25.7 Å². The topological polar surface area (TPSA) is 69.4 Å². The number of benzene rings is 1. The molecule has 150 valence electrons. The van der Waals surface area contributed by atoms with Gasteiger partial charge in [0.15, 0.2) is 5.76 Å². The molecule has 0 spiro atoms. The Hall–Kier alpha value is -2.13. The van der Waals surface area contributed by atoms with Crippen LogP contribution in [0.1, 0.15) is 32.9 Å². The maximum absolute atomic E-state index is 13.0. The molecule has 4 rings (SSSR count). The standard InChI is InChI=1S/C21H17F3N2O3.Na/c22-21(23,24)19-15(20(27)28)10-18(29-19)17-7-6-14-12-26(9-8-16(14)25-17)11-13-4-2-1-3-5-13;/h1-7,10H,8-9,11-12H2,(H,27,28);/q;+1/p-1. The number of hydrogen-bond donors (Lipinski definition) is 0. The number of carboxylic acid groups (broad SMARTS) is 1. The van der Waals surface area contributed by atoms with Gasteiger partial charge in [0.1, 0.15) is 5.69 Å². The van der Waals surface area contributed by atoms with Gasteiger partial charge in [0.05, 0.1) is 5.97 Å². The van der Waals surface area contributed by atoms with Gasteiger partial charge in [0.25, 0.3) is 0 Å². The zero-order valence-corrected chi connectivity index (χ0v) is 18.2. The Bertz CT molecular complexity index is 1050. The summed E-state index contributed by atoms with van der Waals surface area (Å²) in [4.78, 5) is 17.7. The summed E-state index contributed by atoms with van der Waals surface area (Å²) in [6.45, 7) is 2.23. The molecule has 0 atom stereocenters. The van der Waals surface area contributed by atoms with E-state index in [4.69, 9.17) is 4.42 Å². The minimum absolute atomic E-state index is 0. The van der Waals surface area contributed by atoms with Crippen molar-refractivity contribution in [1.82, 2.24) is 9.88 Å². The summed E-state index contributed by atoms with van der Waals surface area (Å²) in [6, 6.07) is 14.2. The number of rotatable bonds is 4. The van der Waals surface area contributed by atoms with Crippen LogP contribution in [0.15, 0.2) is 52.9 Å². The first kappa shape index (κ1) is 22.6. The summed E-state index contributed by atoms with van der Waals surface area (Å²) in [7, 11) is 0. The van der Waals surface area contributed by atoms with Crippen molar-refractivity contribution >= 4 is 5.97 Å². The average molecular weight is 424 g/mol. The molecule has 0 radical (unpaired) electrons. The number of hydrogen-bond acceptors (Lipinski definition) is 5. The number of pyridine rings is 1. The number of nitrogens with zero attached hydrogens (tertiary/aromatic N) is 2. The maximum Gasteiger partial charge on any atom is 1.00 e. The third-order valence-electron chi connectivity index (χ3n) is 4.84. The van der Waals surface area contributed by atoms with E-state index < -0.39 is 23.5 Å².